The molecule has 3 atom stereocenters. The van der Waals surface area contributed by atoms with Crippen molar-refractivity contribution in [3.05, 3.63) is 46.5 Å². The average molecular weight is 284 g/mol. The van der Waals surface area contributed by atoms with E-state index in [9.17, 15) is 0 Å². The number of halogens is 2. The van der Waals surface area contributed by atoms with E-state index in [4.69, 9.17) is 11.6 Å². The SMILES string of the molecule is CN(C)[C@H]1[C@@H]2C=CC[C@@H]1c1ccc(Cl)cc1C2.Cl. The van der Waals surface area contributed by atoms with Crippen molar-refractivity contribution in [2.24, 2.45) is 5.92 Å². The van der Waals surface area contributed by atoms with Crippen molar-refractivity contribution in [2.45, 2.75) is 24.8 Å². The summed E-state index contributed by atoms with van der Waals surface area (Å²) < 4.78 is 0. The largest absolute Gasteiger partial charge is 0.305 e. The fourth-order valence-corrected chi connectivity index (χ4v) is 3.76. The first-order valence-corrected chi connectivity index (χ1v) is 6.66. The highest BCUT2D eigenvalue weighted by molar-refractivity contribution is 6.30. The monoisotopic (exact) mass is 283 g/mol. The van der Waals surface area contributed by atoms with Gasteiger partial charge in [-0.25, -0.2) is 0 Å². The van der Waals surface area contributed by atoms with Crippen molar-refractivity contribution in [3.8, 4) is 0 Å². The number of likely N-dealkylation sites (N-methyl/N-ethyl adjacent to an activating group) is 1. The highest BCUT2D eigenvalue weighted by atomic mass is 35.5. The zero-order chi connectivity index (χ0) is 12.0. The first-order chi connectivity index (χ1) is 8.16. The maximum atomic E-state index is 6.10. The molecule has 0 aromatic heterocycles. The van der Waals surface area contributed by atoms with Crippen LogP contribution in [0.3, 0.4) is 0 Å². The van der Waals surface area contributed by atoms with Crippen LogP contribution in [-0.2, 0) is 6.42 Å². The zero-order valence-corrected chi connectivity index (χ0v) is 12.3. The molecule has 3 rings (SSSR count). The lowest BCUT2D eigenvalue weighted by Gasteiger charge is -2.44. The predicted molar refractivity (Wildman–Crippen MR) is 79.9 cm³/mol. The van der Waals surface area contributed by atoms with Gasteiger partial charge in [0.15, 0.2) is 0 Å². The van der Waals surface area contributed by atoms with Crippen molar-refractivity contribution < 1.29 is 0 Å². The standard InChI is InChI=1S/C15H18ClN.ClH/c1-17(2)15-10-4-3-5-14(15)13-7-6-12(16)9-11(13)8-10;/h3-4,6-7,9-10,14-15H,5,8H2,1-2H3;1H/t10-,14-,15+;/m1./s1. The van der Waals surface area contributed by atoms with Crippen LogP contribution < -0.4 is 0 Å². The summed E-state index contributed by atoms with van der Waals surface area (Å²) in [5.74, 6) is 1.29. The molecule has 1 aromatic carbocycles. The molecule has 2 bridgehead atoms. The molecule has 3 heteroatoms. The summed E-state index contributed by atoms with van der Waals surface area (Å²) in [5.41, 5.74) is 2.96. The van der Waals surface area contributed by atoms with Crippen LogP contribution >= 0.6 is 24.0 Å². The number of fused-ring (bicyclic) bond motifs is 4. The van der Waals surface area contributed by atoms with E-state index in [1.165, 1.54) is 11.1 Å². The van der Waals surface area contributed by atoms with E-state index < -0.39 is 0 Å². The number of allylic oxidation sites excluding steroid dienone is 1. The third kappa shape index (κ3) is 2.20. The maximum absolute atomic E-state index is 6.10. The molecular formula is C15H19Cl2N. The van der Waals surface area contributed by atoms with Crippen molar-refractivity contribution in [1.29, 1.82) is 0 Å². The van der Waals surface area contributed by atoms with E-state index in [0.717, 1.165) is 17.9 Å². The van der Waals surface area contributed by atoms with Gasteiger partial charge in [-0.15, -0.1) is 12.4 Å². The van der Waals surface area contributed by atoms with Gasteiger partial charge in [0.05, 0.1) is 0 Å². The van der Waals surface area contributed by atoms with Crippen LogP contribution in [-0.4, -0.2) is 25.0 Å². The molecule has 0 saturated carbocycles. The second-order valence-corrected chi connectivity index (χ2v) is 5.87. The Morgan fingerprint density at radius 1 is 1.28 bits per heavy atom. The summed E-state index contributed by atoms with van der Waals surface area (Å²) in [6.07, 6.45) is 7.04. The van der Waals surface area contributed by atoms with Gasteiger partial charge >= 0.3 is 0 Å². The van der Waals surface area contributed by atoms with Crippen LogP contribution in [0.2, 0.25) is 5.02 Å². The molecule has 0 amide bonds. The first kappa shape index (κ1) is 13.9. The molecule has 2 aliphatic rings. The quantitative estimate of drug-likeness (QED) is 0.707. The molecular weight excluding hydrogens is 265 g/mol. The molecule has 1 nitrogen and oxygen atoms in total. The van der Waals surface area contributed by atoms with E-state index >= 15 is 0 Å². The van der Waals surface area contributed by atoms with Crippen LogP contribution in [0, 0.1) is 5.92 Å². The molecule has 1 aromatic rings. The number of hydrogen-bond acceptors (Lipinski definition) is 1. The fourth-order valence-electron chi connectivity index (χ4n) is 3.56. The van der Waals surface area contributed by atoms with Gasteiger partial charge in [-0.1, -0.05) is 29.8 Å². The minimum atomic E-state index is 0. The minimum absolute atomic E-state index is 0. The number of rotatable bonds is 1. The lowest BCUT2D eigenvalue weighted by Crippen LogP contribution is -2.45. The lowest BCUT2D eigenvalue weighted by molar-refractivity contribution is 0.180. The molecule has 98 valence electrons. The predicted octanol–water partition coefficient (Wildman–Crippen LogP) is 3.91. The van der Waals surface area contributed by atoms with E-state index in [1.54, 1.807) is 0 Å². The van der Waals surface area contributed by atoms with Gasteiger partial charge in [0.2, 0.25) is 0 Å². The van der Waals surface area contributed by atoms with Gasteiger partial charge in [0, 0.05) is 17.0 Å². The molecule has 0 aliphatic heterocycles. The summed E-state index contributed by atoms with van der Waals surface area (Å²) in [4.78, 5) is 2.39. The Morgan fingerprint density at radius 3 is 2.78 bits per heavy atom. The third-order valence-corrected chi connectivity index (χ3v) is 4.42. The van der Waals surface area contributed by atoms with Crippen LogP contribution in [0.4, 0.5) is 0 Å². The number of benzene rings is 1. The molecule has 0 spiro atoms. The van der Waals surface area contributed by atoms with E-state index in [-0.39, 0.29) is 12.4 Å². The smallest absolute Gasteiger partial charge is 0.0408 e. The van der Waals surface area contributed by atoms with Crippen molar-refractivity contribution in [3.63, 3.8) is 0 Å². The molecule has 2 aliphatic carbocycles. The van der Waals surface area contributed by atoms with Gasteiger partial charge in [-0.2, -0.15) is 0 Å². The van der Waals surface area contributed by atoms with Crippen LogP contribution in [0.15, 0.2) is 30.4 Å². The van der Waals surface area contributed by atoms with Gasteiger partial charge in [0.25, 0.3) is 0 Å². The Hall–Kier alpha value is -0.500. The summed E-state index contributed by atoms with van der Waals surface area (Å²) in [5, 5.41) is 0.870. The molecule has 0 radical (unpaired) electrons. The summed E-state index contributed by atoms with van der Waals surface area (Å²) in [6.45, 7) is 0. The molecule has 18 heavy (non-hydrogen) atoms. The average Bonchev–Trinajstić information content (AvgIpc) is 2.27. The molecule has 0 saturated heterocycles. The second kappa shape index (κ2) is 5.24. The second-order valence-electron chi connectivity index (χ2n) is 5.44. The summed E-state index contributed by atoms with van der Waals surface area (Å²) in [7, 11) is 4.40. The fraction of sp³-hybridized carbons (Fsp3) is 0.467. The van der Waals surface area contributed by atoms with E-state index in [1.807, 2.05) is 6.07 Å². The van der Waals surface area contributed by atoms with Gasteiger partial charge in [0.1, 0.15) is 0 Å². The molecule has 0 heterocycles. The Morgan fingerprint density at radius 2 is 2.06 bits per heavy atom. The summed E-state index contributed by atoms with van der Waals surface area (Å²) >= 11 is 6.10. The topological polar surface area (TPSA) is 3.24 Å². The van der Waals surface area contributed by atoms with Crippen LogP contribution in [0.5, 0.6) is 0 Å². The summed E-state index contributed by atoms with van der Waals surface area (Å²) in [6, 6.07) is 7.07. The highest BCUT2D eigenvalue weighted by Gasteiger charge is 2.38. The molecule has 0 unspecified atom stereocenters. The van der Waals surface area contributed by atoms with Crippen LogP contribution in [0.25, 0.3) is 0 Å². The number of nitrogens with zero attached hydrogens (tertiary/aromatic N) is 1. The van der Waals surface area contributed by atoms with E-state index in [0.29, 0.717) is 17.9 Å². The minimum Gasteiger partial charge on any atom is -0.305 e. The number of hydrogen-bond donors (Lipinski definition) is 0. The maximum Gasteiger partial charge on any atom is 0.0408 e. The van der Waals surface area contributed by atoms with E-state index in [2.05, 4.69) is 43.3 Å². The van der Waals surface area contributed by atoms with Gasteiger partial charge in [-0.3, -0.25) is 0 Å². The molecule has 0 fully saturated rings. The Labute approximate surface area is 120 Å². The van der Waals surface area contributed by atoms with Gasteiger partial charge < -0.3 is 4.90 Å². The van der Waals surface area contributed by atoms with Crippen molar-refractivity contribution in [1.82, 2.24) is 4.90 Å². The Balaban J connectivity index is 0.00000120. The molecule has 0 N–H and O–H groups in total. The Kier molecular flexibility index (Phi) is 4.05. The normalized spacial score (nSPS) is 28.8. The lowest BCUT2D eigenvalue weighted by atomic mass is 9.68. The zero-order valence-electron chi connectivity index (χ0n) is 10.8. The van der Waals surface area contributed by atoms with Crippen molar-refractivity contribution >= 4 is 24.0 Å². The first-order valence-electron chi connectivity index (χ1n) is 6.28. The van der Waals surface area contributed by atoms with Gasteiger partial charge in [-0.05, 0) is 56.1 Å². The van der Waals surface area contributed by atoms with Crippen LogP contribution in [0.1, 0.15) is 23.5 Å². The Bertz CT molecular complexity index is 468. The third-order valence-electron chi connectivity index (χ3n) is 4.18. The highest BCUT2D eigenvalue weighted by Crippen LogP contribution is 2.43. The van der Waals surface area contributed by atoms with Crippen molar-refractivity contribution in [2.75, 3.05) is 14.1 Å².